The number of ketones is 1. The monoisotopic (exact) mass is 246 g/mol. The first kappa shape index (κ1) is 13.2. The van der Waals surface area contributed by atoms with E-state index < -0.39 is 29.4 Å². The molecule has 1 unspecified atom stereocenters. The first-order valence-corrected chi connectivity index (χ1v) is 4.64. The van der Waals surface area contributed by atoms with Crippen molar-refractivity contribution < 1.29 is 27.9 Å². The van der Waals surface area contributed by atoms with Crippen molar-refractivity contribution in [3.05, 3.63) is 35.4 Å². The fraction of sp³-hybridized carbons (Fsp3) is 0.273. The molecule has 0 amide bonds. The van der Waals surface area contributed by atoms with E-state index >= 15 is 0 Å². The average Bonchev–Trinajstić information content (AvgIpc) is 2.15. The fourth-order valence-corrected chi connectivity index (χ4v) is 1.45. The molecule has 0 radical (unpaired) electrons. The topological polar surface area (TPSA) is 54.4 Å². The maximum Gasteiger partial charge on any atom is 0.416 e. The van der Waals surface area contributed by atoms with Gasteiger partial charge in [0.05, 0.1) is 5.56 Å². The number of carbonyl (C=O) groups excluding carboxylic acids is 1. The highest BCUT2D eigenvalue weighted by Crippen LogP contribution is 2.31. The van der Waals surface area contributed by atoms with Crippen LogP contribution in [0.2, 0.25) is 0 Å². The van der Waals surface area contributed by atoms with Gasteiger partial charge < -0.3 is 5.11 Å². The number of hydrogen-bond acceptors (Lipinski definition) is 2. The summed E-state index contributed by atoms with van der Waals surface area (Å²) < 4.78 is 37.2. The average molecular weight is 246 g/mol. The van der Waals surface area contributed by atoms with Crippen molar-refractivity contribution in [3.63, 3.8) is 0 Å². The number of carboxylic acids is 1. The van der Waals surface area contributed by atoms with Gasteiger partial charge in [-0.3, -0.25) is 9.59 Å². The summed E-state index contributed by atoms with van der Waals surface area (Å²) in [6.07, 6.45) is -4.56. The van der Waals surface area contributed by atoms with Crippen molar-refractivity contribution >= 4 is 11.8 Å². The summed E-state index contributed by atoms with van der Waals surface area (Å²) in [6.45, 7) is 1.03. The van der Waals surface area contributed by atoms with Gasteiger partial charge in [0.1, 0.15) is 11.7 Å². The molecule has 0 saturated heterocycles. The molecule has 0 bridgehead atoms. The largest absolute Gasteiger partial charge is 0.480 e. The van der Waals surface area contributed by atoms with Crippen molar-refractivity contribution in [2.24, 2.45) is 0 Å². The summed E-state index contributed by atoms with van der Waals surface area (Å²) in [5, 5.41) is 8.79. The Balaban J connectivity index is 3.23. The zero-order chi connectivity index (χ0) is 13.2. The van der Waals surface area contributed by atoms with Crippen molar-refractivity contribution in [2.45, 2.75) is 19.0 Å². The van der Waals surface area contributed by atoms with Gasteiger partial charge in [0, 0.05) is 0 Å². The molecule has 0 aliphatic heterocycles. The normalized spacial score (nSPS) is 13.2. The van der Waals surface area contributed by atoms with Gasteiger partial charge in [-0.25, -0.2) is 0 Å². The Morgan fingerprint density at radius 3 is 2.29 bits per heavy atom. The second-order valence-electron chi connectivity index (χ2n) is 3.51. The van der Waals surface area contributed by atoms with E-state index in [9.17, 15) is 22.8 Å². The second-order valence-corrected chi connectivity index (χ2v) is 3.51. The molecule has 6 heteroatoms. The predicted octanol–water partition coefficient (Wildman–Crippen LogP) is 2.46. The minimum absolute atomic E-state index is 0.167. The SMILES string of the molecule is CC(=O)C(C(=O)O)c1cccc(C(F)(F)F)c1. The Morgan fingerprint density at radius 1 is 1.29 bits per heavy atom. The molecular weight excluding hydrogens is 237 g/mol. The molecule has 3 nitrogen and oxygen atoms in total. The van der Waals surface area contributed by atoms with Gasteiger partial charge in [0.25, 0.3) is 0 Å². The summed E-state index contributed by atoms with van der Waals surface area (Å²) >= 11 is 0. The van der Waals surface area contributed by atoms with Crippen molar-refractivity contribution in [3.8, 4) is 0 Å². The van der Waals surface area contributed by atoms with Crippen LogP contribution < -0.4 is 0 Å². The lowest BCUT2D eigenvalue weighted by atomic mass is 9.94. The van der Waals surface area contributed by atoms with E-state index in [-0.39, 0.29) is 5.56 Å². The number of halogens is 3. The molecule has 92 valence electrons. The van der Waals surface area contributed by atoms with Crippen LogP contribution in [0, 0.1) is 0 Å². The van der Waals surface area contributed by atoms with Crippen molar-refractivity contribution in [1.29, 1.82) is 0 Å². The van der Waals surface area contributed by atoms with Gasteiger partial charge in [0.15, 0.2) is 0 Å². The van der Waals surface area contributed by atoms with Gasteiger partial charge in [-0.15, -0.1) is 0 Å². The first-order chi connectivity index (χ1) is 7.73. The van der Waals surface area contributed by atoms with Gasteiger partial charge in [0.2, 0.25) is 0 Å². The van der Waals surface area contributed by atoms with E-state index in [0.717, 1.165) is 19.1 Å². The standard InChI is InChI=1S/C11H9F3O3/c1-6(15)9(10(16)17)7-3-2-4-8(5-7)11(12,13)14/h2-5,9H,1H3,(H,16,17). The number of hydrogen-bond donors (Lipinski definition) is 1. The zero-order valence-corrected chi connectivity index (χ0v) is 8.78. The quantitative estimate of drug-likeness (QED) is 0.833. The molecule has 0 saturated carbocycles. The summed E-state index contributed by atoms with van der Waals surface area (Å²) in [6, 6.07) is 3.77. The number of alkyl halides is 3. The van der Waals surface area contributed by atoms with Crippen molar-refractivity contribution in [2.75, 3.05) is 0 Å². The molecule has 1 aromatic carbocycles. The number of benzene rings is 1. The van der Waals surface area contributed by atoms with E-state index in [1.807, 2.05) is 0 Å². The van der Waals surface area contributed by atoms with Crippen LogP contribution in [0.1, 0.15) is 24.0 Å². The van der Waals surface area contributed by atoms with Gasteiger partial charge >= 0.3 is 12.1 Å². The van der Waals surface area contributed by atoms with Crippen LogP contribution in [0.25, 0.3) is 0 Å². The Morgan fingerprint density at radius 2 is 1.88 bits per heavy atom. The lowest BCUT2D eigenvalue weighted by Gasteiger charge is -2.12. The number of carbonyl (C=O) groups is 2. The minimum Gasteiger partial charge on any atom is -0.480 e. The van der Waals surface area contributed by atoms with Crippen LogP contribution >= 0.6 is 0 Å². The highest BCUT2D eigenvalue weighted by molar-refractivity contribution is 6.02. The van der Waals surface area contributed by atoms with Crippen LogP contribution in [0.3, 0.4) is 0 Å². The molecule has 0 heterocycles. The van der Waals surface area contributed by atoms with Crippen LogP contribution in [-0.4, -0.2) is 16.9 Å². The summed E-state index contributed by atoms with van der Waals surface area (Å²) in [4.78, 5) is 21.9. The Hall–Kier alpha value is -1.85. The highest BCUT2D eigenvalue weighted by Gasteiger charge is 2.32. The Kier molecular flexibility index (Phi) is 3.55. The maximum absolute atomic E-state index is 12.4. The molecule has 0 fully saturated rings. The third-order valence-electron chi connectivity index (χ3n) is 2.20. The zero-order valence-electron chi connectivity index (χ0n) is 8.78. The summed E-state index contributed by atoms with van der Waals surface area (Å²) in [5.41, 5.74) is -1.14. The predicted molar refractivity (Wildman–Crippen MR) is 52.5 cm³/mol. The van der Waals surface area contributed by atoms with Crippen LogP contribution in [-0.2, 0) is 15.8 Å². The molecule has 1 rings (SSSR count). The highest BCUT2D eigenvalue weighted by atomic mass is 19.4. The smallest absolute Gasteiger partial charge is 0.416 e. The molecule has 17 heavy (non-hydrogen) atoms. The third kappa shape index (κ3) is 3.05. The van der Waals surface area contributed by atoms with Crippen LogP contribution in [0.4, 0.5) is 13.2 Å². The van der Waals surface area contributed by atoms with Gasteiger partial charge in [-0.05, 0) is 18.6 Å². The molecular formula is C11H9F3O3. The Bertz CT molecular complexity index is 438. The number of rotatable bonds is 3. The molecule has 0 spiro atoms. The van der Waals surface area contributed by atoms with Gasteiger partial charge in [-0.1, -0.05) is 18.2 Å². The number of carboxylic acid groups (broad SMARTS) is 1. The summed E-state index contributed by atoms with van der Waals surface area (Å²) in [5.74, 6) is -3.73. The van der Waals surface area contributed by atoms with Crippen molar-refractivity contribution in [1.82, 2.24) is 0 Å². The molecule has 0 aliphatic rings. The lowest BCUT2D eigenvalue weighted by Crippen LogP contribution is -2.19. The molecule has 1 atom stereocenters. The number of aliphatic carboxylic acids is 1. The first-order valence-electron chi connectivity index (χ1n) is 4.64. The van der Waals surface area contributed by atoms with Crippen LogP contribution in [0.15, 0.2) is 24.3 Å². The minimum atomic E-state index is -4.56. The number of Topliss-reactive ketones (excluding diaryl/α,β-unsaturated/α-hetero) is 1. The fourth-order valence-electron chi connectivity index (χ4n) is 1.45. The molecule has 1 aromatic rings. The van der Waals surface area contributed by atoms with Crippen LogP contribution in [0.5, 0.6) is 0 Å². The van der Waals surface area contributed by atoms with E-state index in [1.54, 1.807) is 0 Å². The maximum atomic E-state index is 12.4. The summed E-state index contributed by atoms with van der Waals surface area (Å²) in [7, 11) is 0. The third-order valence-corrected chi connectivity index (χ3v) is 2.20. The van der Waals surface area contributed by atoms with E-state index in [4.69, 9.17) is 5.11 Å². The van der Waals surface area contributed by atoms with E-state index in [1.165, 1.54) is 6.07 Å². The molecule has 0 aliphatic carbocycles. The lowest BCUT2D eigenvalue weighted by molar-refractivity contribution is -0.143. The Labute approximate surface area is 94.9 Å². The molecule has 0 aromatic heterocycles. The van der Waals surface area contributed by atoms with E-state index in [0.29, 0.717) is 6.07 Å². The molecule has 1 N–H and O–H groups in total. The second kappa shape index (κ2) is 4.57. The van der Waals surface area contributed by atoms with Gasteiger partial charge in [-0.2, -0.15) is 13.2 Å². The van der Waals surface area contributed by atoms with E-state index in [2.05, 4.69) is 0 Å².